The zero-order valence-electron chi connectivity index (χ0n) is 10.9. The van der Waals surface area contributed by atoms with E-state index >= 15 is 0 Å². The van der Waals surface area contributed by atoms with Crippen LogP contribution in [0, 0.1) is 19.8 Å². The van der Waals surface area contributed by atoms with E-state index in [1.165, 1.54) is 6.42 Å². The maximum atomic E-state index is 6.22. The Labute approximate surface area is 107 Å². The molecule has 98 valence electrons. The summed E-state index contributed by atoms with van der Waals surface area (Å²) in [5.74, 6) is 2.15. The van der Waals surface area contributed by atoms with Crippen LogP contribution < -0.4 is 11.1 Å². The van der Waals surface area contributed by atoms with Gasteiger partial charge < -0.3 is 15.8 Å². The van der Waals surface area contributed by atoms with E-state index in [-0.39, 0.29) is 18.2 Å². The number of nitrogens with two attached hydrogens (primary N) is 1. The number of nitrogens with zero attached hydrogens (tertiary/aromatic N) is 2. The number of ether oxygens (including phenoxy) is 1. The van der Waals surface area contributed by atoms with Crippen LogP contribution in [-0.2, 0) is 4.74 Å². The molecule has 1 aliphatic heterocycles. The van der Waals surface area contributed by atoms with Gasteiger partial charge in [-0.25, -0.2) is 9.97 Å². The molecule has 4 atom stereocenters. The highest BCUT2D eigenvalue weighted by atomic mass is 16.5. The molecule has 3 rings (SSSR count). The Morgan fingerprint density at radius 1 is 1.39 bits per heavy atom. The van der Waals surface area contributed by atoms with E-state index in [1.54, 1.807) is 0 Å². The van der Waals surface area contributed by atoms with E-state index < -0.39 is 0 Å². The average molecular weight is 248 g/mol. The summed E-state index contributed by atoms with van der Waals surface area (Å²) in [6.07, 6.45) is 2.57. The molecule has 1 aromatic rings. The standard InChI is InChI=1S/C13H20N4O/c1-7-6-10(16-8(2)15-7)17-12-11(14)9-4-3-5-18-13(9)12/h6,9,11-13H,3-5,14H2,1-2H3,(H,15,16,17). The Kier molecular flexibility index (Phi) is 2.95. The summed E-state index contributed by atoms with van der Waals surface area (Å²) < 4.78 is 5.81. The lowest BCUT2D eigenvalue weighted by Gasteiger charge is -2.52. The van der Waals surface area contributed by atoms with Crippen molar-refractivity contribution in [1.29, 1.82) is 0 Å². The van der Waals surface area contributed by atoms with E-state index in [4.69, 9.17) is 10.5 Å². The van der Waals surface area contributed by atoms with E-state index in [2.05, 4.69) is 15.3 Å². The van der Waals surface area contributed by atoms with Crippen molar-refractivity contribution in [3.63, 3.8) is 0 Å². The van der Waals surface area contributed by atoms with Crippen LogP contribution in [0.15, 0.2) is 6.07 Å². The van der Waals surface area contributed by atoms with Gasteiger partial charge in [0.2, 0.25) is 0 Å². The first-order valence-electron chi connectivity index (χ1n) is 6.61. The number of hydrogen-bond acceptors (Lipinski definition) is 5. The van der Waals surface area contributed by atoms with Gasteiger partial charge in [-0.3, -0.25) is 0 Å². The molecule has 2 fully saturated rings. The van der Waals surface area contributed by atoms with Crippen molar-refractivity contribution < 1.29 is 4.74 Å². The first-order valence-corrected chi connectivity index (χ1v) is 6.61. The van der Waals surface area contributed by atoms with Crippen LogP contribution in [0.5, 0.6) is 0 Å². The van der Waals surface area contributed by atoms with Crippen molar-refractivity contribution in [1.82, 2.24) is 9.97 Å². The third-order valence-electron chi connectivity index (χ3n) is 3.96. The van der Waals surface area contributed by atoms with Gasteiger partial charge in [0.1, 0.15) is 11.6 Å². The van der Waals surface area contributed by atoms with Crippen molar-refractivity contribution in [3.8, 4) is 0 Å². The van der Waals surface area contributed by atoms with Crippen molar-refractivity contribution >= 4 is 5.82 Å². The highest BCUT2D eigenvalue weighted by Crippen LogP contribution is 2.38. The second-order valence-corrected chi connectivity index (χ2v) is 5.33. The van der Waals surface area contributed by atoms with Crippen LogP contribution in [0.1, 0.15) is 24.4 Å². The maximum absolute atomic E-state index is 6.22. The van der Waals surface area contributed by atoms with Gasteiger partial charge in [-0.15, -0.1) is 0 Å². The molecule has 1 aliphatic carbocycles. The summed E-state index contributed by atoms with van der Waals surface area (Å²) in [5, 5.41) is 3.41. The van der Waals surface area contributed by atoms with Gasteiger partial charge in [-0.1, -0.05) is 0 Å². The number of nitrogens with one attached hydrogen (secondary N) is 1. The van der Waals surface area contributed by atoms with Gasteiger partial charge in [-0.05, 0) is 26.7 Å². The number of fused-ring (bicyclic) bond motifs is 1. The molecule has 0 bridgehead atoms. The molecule has 3 N–H and O–H groups in total. The highest BCUT2D eigenvalue weighted by molar-refractivity contribution is 5.39. The monoisotopic (exact) mass is 248 g/mol. The van der Waals surface area contributed by atoms with Crippen molar-refractivity contribution in [2.75, 3.05) is 11.9 Å². The SMILES string of the molecule is Cc1cc(NC2C(N)C3CCCOC32)nc(C)n1. The van der Waals surface area contributed by atoms with E-state index in [9.17, 15) is 0 Å². The lowest BCUT2D eigenvalue weighted by molar-refractivity contribution is -0.104. The van der Waals surface area contributed by atoms with Gasteiger partial charge in [0.15, 0.2) is 0 Å². The summed E-state index contributed by atoms with van der Waals surface area (Å²) >= 11 is 0. The van der Waals surface area contributed by atoms with E-state index in [1.807, 2.05) is 19.9 Å². The van der Waals surface area contributed by atoms with Crippen LogP contribution in [-0.4, -0.2) is 34.8 Å². The quantitative estimate of drug-likeness (QED) is 0.817. The Bertz CT molecular complexity index is 430. The van der Waals surface area contributed by atoms with E-state index in [0.29, 0.717) is 5.92 Å². The van der Waals surface area contributed by atoms with Gasteiger partial charge >= 0.3 is 0 Å². The number of aromatic nitrogens is 2. The Balaban J connectivity index is 1.72. The number of hydrogen-bond donors (Lipinski definition) is 2. The fourth-order valence-electron chi connectivity index (χ4n) is 3.09. The Morgan fingerprint density at radius 2 is 2.22 bits per heavy atom. The number of anilines is 1. The summed E-state index contributed by atoms with van der Waals surface area (Å²) in [7, 11) is 0. The lowest BCUT2D eigenvalue weighted by Crippen LogP contribution is -2.69. The molecule has 1 aromatic heterocycles. The average Bonchev–Trinajstić information content (AvgIpc) is 2.34. The fourth-order valence-corrected chi connectivity index (χ4v) is 3.09. The normalized spacial score (nSPS) is 34.6. The molecule has 4 unspecified atom stereocenters. The van der Waals surface area contributed by atoms with Crippen molar-refractivity contribution in [2.45, 2.75) is 44.9 Å². The minimum atomic E-state index is 0.172. The summed E-state index contributed by atoms with van der Waals surface area (Å²) in [5.41, 5.74) is 7.19. The van der Waals surface area contributed by atoms with Gasteiger partial charge in [-0.2, -0.15) is 0 Å². The fraction of sp³-hybridized carbons (Fsp3) is 0.692. The second kappa shape index (κ2) is 4.48. The zero-order chi connectivity index (χ0) is 12.7. The van der Waals surface area contributed by atoms with E-state index in [0.717, 1.165) is 30.4 Å². The smallest absolute Gasteiger partial charge is 0.130 e. The largest absolute Gasteiger partial charge is 0.376 e. The van der Waals surface area contributed by atoms with Gasteiger partial charge in [0, 0.05) is 30.3 Å². The van der Waals surface area contributed by atoms with Gasteiger partial charge in [0.05, 0.1) is 12.1 Å². The first-order chi connectivity index (χ1) is 8.65. The number of rotatable bonds is 2. The minimum absolute atomic E-state index is 0.172. The Morgan fingerprint density at radius 3 is 3.00 bits per heavy atom. The molecule has 1 saturated heterocycles. The Hall–Kier alpha value is -1.20. The topological polar surface area (TPSA) is 73.1 Å². The molecular weight excluding hydrogens is 228 g/mol. The molecule has 0 spiro atoms. The van der Waals surface area contributed by atoms with Gasteiger partial charge in [0.25, 0.3) is 0 Å². The third-order valence-corrected chi connectivity index (χ3v) is 3.96. The molecule has 2 aliphatic rings. The molecule has 5 heteroatoms. The summed E-state index contributed by atoms with van der Waals surface area (Å²) in [4.78, 5) is 8.67. The number of aryl methyl sites for hydroxylation is 2. The molecule has 0 aromatic carbocycles. The van der Waals surface area contributed by atoms with Crippen molar-refractivity contribution in [2.24, 2.45) is 11.7 Å². The molecule has 0 radical (unpaired) electrons. The zero-order valence-corrected chi connectivity index (χ0v) is 10.9. The highest BCUT2D eigenvalue weighted by Gasteiger charge is 2.50. The summed E-state index contributed by atoms with van der Waals surface area (Å²) in [6.45, 7) is 4.73. The van der Waals surface area contributed by atoms with Crippen LogP contribution in [0.25, 0.3) is 0 Å². The first kappa shape index (κ1) is 11.9. The molecule has 5 nitrogen and oxygen atoms in total. The van der Waals surface area contributed by atoms with Crippen LogP contribution in [0.4, 0.5) is 5.82 Å². The molecule has 18 heavy (non-hydrogen) atoms. The van der Waals surface area contributed by atoms with Crippen LogP contribution in [0.2, 0.25) is 0 Å². The molecule has 1 saturated carbocycles. The molecule has 0 amide bonds. The van der Waals surface area contributed by atoms with Crippen LogP contribution >= 0.6 is 0 Å². The predicted octanol–water partition coefficient (Wildman–Crippen LogP) is 1.01. The second-order valence-electron chi connectivity index (χ2n) is 5.33. The summed E-state index contributed by atoms with van der Waals surface area (Å²) in [6, 6.07) is 2.31. The molecule has 2 heterocycles. The lowest BCUT2D eigenvalue weighted by atomic mass is 9.68. The van der Waals surface area contributed by atoms with Crippen LogP contribution in [0.3, 0.4) is 0 Å². The minimum Gasteiger partial charge on any atom is -0.376 e. The van der Waals surface area contributed by atoms with Crippen molar-refractivity contribution in [3.05, 3.63) is 17.6 Å². The third kappa shape index (κ3) is 1.97. The molecular formula is C13H20N4O. The maximum Gasteiger partial charge on any atom is 0.130 e. The predicted molar refractivity (Wildman–Crippen MR) is 69.4 cm³/mol.